The zero-order valence-electron chi connectivity index (χ0n) is 19.1. The number of hydrogen-bond donors (Lipinski definition) is 1. The lowest BCUT2D eigenvalue weighted by atomic mass is 9.97. The average Bonchev–Trinajstić information content (AvgIpc) is 2.84. The molecule has 3 aromatic rings. The Bertz CT molecular complexity index is 891. The molecule has 1 N–H and O–H groups in total. The van der Waals surface area contributed by atoms with Crippen LogP contribution >= 0.6 is 0 Å². The Kier molecular flexibility index (Phi) is 10.4. The molecule has 166 valence electrons. The van der Waals surface area contributed by atoms with Crippen LogP contribution in [0.2, 0.25) is 0 Å². The maximum Gasteiger partial charge on any atom is 0.118 e. The summed E-state index contributed by atoms with van der Waals surface area (Å²) >= 11 is 0. The van der Waals surface area contributed by atoms with Gasteiger partial charge < -0.3 is 5.11 Å². The fraction of sp³-hybridized carbons (Fsp3) is 0.290. The number of rotatable bonds is 13. The Morgan fingerprint density at radius 3 is 1.66 bits per heavy atom. The van der Waals surface area contributed by atoms with Gasteiger partial charge in [-0.05, 0) is 47.9 Å². The molecule has 3 rings (SSSR count). The maximum atomic E-state index is 9.86. The molecule has 0 atom stereocenters. The SMILES string of the molecule is Oc1ccccc1CCCCCCCCC(C=Cc1ccccc1)C=Cc1ccccc1. The third-order valence-corrected chi connectivity index (χ3v) is 5.90. The van der Waals surface area contributed by atoms with Gasteiger partial charge >= 0.3 is 0 Å². The molecule has 0 saturated heterocycles. The van der Waals surface area contributed by atoms with Crippen LogP contribution in [0.1, 0.15) is 61.6 Å². The Hall–Kier alpha value is -3.06. The summed E-state index contributed by atoms with van der Waals surface area (Å²) in [6, 6.07) is 28.8. The van der Waals surface area contributed by atoms with Crippen LogP contribution in [-0.2, 0) is 6.42 Å². The number of para-hydroxylation sites is 1. The number of hydrogen-bond acceptors (Lipinski definition) is 1. The fourth-order valence-corrected chi connectivity index (χ4v) is 3.98. The van der Waals surface area contributed by atoms with Crippen molar-refractivity contribution in [1.29, 1.82) is 0 Å². The molecule has 0 heterocycles. The Labute approximate surface area is 194 Å². The molecule has 0 spiro atoms. The molecular formula is C31H36O. The summed E-state index contributed by atoms with van der Waals surface area (Å²) in [6.07, 6.45) is 18.8. The molecule has 32 heavy (non-hydrogen) atoms. The van der Waals surface area contributed by atoms with Crippen molar-refractivity contribution >= 4 is 12.2 Å². The fourth-order valence-electron chi connectivity index (χ4n) is 3.98. The highest BCUT2D eigenvalue weighted by atomic mass is 16.3. The normalized spacial score (nSPS) is 12.5. The summed E-state index contributed by atoms with van der Waals surface area (Å²) in [5, 5.41) is 9.86. The molecule has 0 fully saturated rings. The van der Waals surface area contributed by atoms with E-state index in [1.54, 1.807) is 6.07 Å². The van der Waals surface area contributed by atoms with E-state index in [1.165, 1.54) is 49.7 Å². The highest BCUT2D eigenvalue weighted by Crippen LogP contribution is 2.20. The molecule has 0 saturated carbocycles. The number of aromatic hydroxyl groups is 1. The number of unbranched alkanes of at least 4 members (excludes halogenated alkanes) is 5. The number of phenolic OH excluding ortho intramolecular Hbond substituents is 1. The lowest BCUT2D eigenvalue weighted by molar-refractivity contribution is 0.466. The van der Waals surface area contributed by atoms with Crippen molar-refractivity contribution in [3.8, 4) is 5.75 Å². The zero-order chi connectivity index (χ0) is 22.3. The smallest absolute Gasteiger partial charge is 0.118 e. The molecule has 0 amide bonds. The first-order chi connectivity index (χ1) is 15.8. The lowest BCUT2D eigenvalue weighted by Crippen LogP contribution is -1.93. The first-order valence-corrected chi connectivity index (χ1v) is 12.0. The van der Waals surface area contributed by atoms with Crippen molar-refractivity contribution in [2.24, 2.45) is 5.92 Å². The number of phenols is 1. The van der Waals surface area contributed by atoms with Crippen LogP contribution in [0.3, 0.4) is 0 Å². The molecule has 0 unspecified atom stereocenters. The van der Waals surface area contributed by atoms with Gasteiger partial charge in [-0.3, -0.25) is 0 Å². The van der Waals surface area contributed by atoms with E-state index in [-0.39, 0.29) is 0 Å². The van der Waals surface area contributed by atoms with E-state index in [1.807, 2.05) is 18.2 Å². The van der Waals surface area contributed by atoms with Gasteiger partial charge in [0.1, 0.15) is 5.75 Å². The molecule has 0 bridgehead atoms. The van der Waals surface area contributed by atoms with E-state index in [4.69, 9.17) is 0 Å². The lowest BCUT2D eigenvalue weighted by Gasteiger charge is -2.09. The van der Waals surface area contributed by atoms with Gasteiger partial charge in [0, 0.05) is 0 Å². The minimum Gasteiger partial charge on any atom is -0.508 e. The second-order valence-electron chi connectivity index (χ2n) is 8.49. The van der Waals surface area contributed by atoms with E-state index >= 15 is 0 Å². The van der Waals surface area contributed by atoms with E-state index in [0.717, 1.165) is 18.4 Å². The van der Waals surface area contributed by atoms with Gasteiger partial charge in [0.2, 0.25) is 0 Å². The van der Waals surface area contributed by atoms with Crippen LogP contribution in [0.4, 0.5) is 0 Å². The van der Waals surface area contributed by atoms with E-state index in [9.17, 15) is 5.11 Å². The van der Waals surface area contributed by atoms with Crippen molar-refractivity contribution < 1.29 is 5.11 Å². The summed E-state index contributed by atoms with van der Waals surface area (Å²) in [5.41, 5.74) is 3.59. The largest absolute Gasteiger partial charge is 0.508 e. The molecule has 1 heteroatoms. The third kappa shape index (κ3) is 8.98. The van der Waals surface area contributed by atoms with Crippen molar-refractivity contribution in [2.45, 2.75) is 51.4 Å². The minimum absolute atomic E-state index is 0.436. The van der Waals surface area contributed by atoms with Gasteiger partial charge in [0.05, 0.1) is 0 Å². The molecule has 0 aliphatic rings. The van der Waals surface area contributed by atoms with Crippen LogP contribution in [0.25, 0.3) is 12.2 Å². The molecule has 3 aromatic carbocycles. The molecule has 0 radical (unpaired) electrons. The van der Waals surface area contributed by atoms with Crippen molar-refractivity contribution in [1.82, 2.24) is 0 Å². The first kappa shape index (κ1) is 23.6. The summed E-state index contributed by atoms with van der Waals surface area (Å²) in [5.74, 6) is 0.891. The Morgan fingerprint density at radius 1 is 0.562 bits per heavy atom. The second-order valence-corrected chi connectivity index (χ2v) is 8.49. The van der Waals surface area contributed by atoms with Gasteiger partial charge in [-0.2, -0.15) is 0 Å². The first-order valence-electron chi connectivity index (χ1n) is 12.0. The number of benzene rings is 3. The van der Waals surface area contributed by atoms with Crippen molar-refractivity contribution in [3.63, 3.8) is 0 Å². The van der Waals surface area contributed by atoms with Crippen LogP contribution in [0.15, 0.2) is 97.1 Å². The van der Waals surface area contributed by atoms with E-state index in [0.29, 0.717) is 11.7 Å². The topological polar surface area (TPSA) is 20.2 Å². The van der Waals surface area contributed by atoms with Gasteiger partial charge in [-0.25, -0.2) is 0 Å². The van der Waals surface area contributed by atoms with Gasteiger partial charge in [-0.15, -0.1) is 0 Å². The number of aryl methyl sites for hydroxylation is 1. The highest BCUT2D eigenvalue weighted by molar-refractivity contribution is 5.52. The highest BCUT2D eigenvalue weighted by Gasteiger charge is 2.02. The van der Waals surface area contributed by atoms with E-state index < -0.39 is 0 Å². The monoisotopic (exact) mass is 424 g/mol. The summed E-state index contributed by atoms with van der Waals surface area (Å²) in [4.78, 5) is 0. The van der Waals surface area contributed by atoms with Crippen LogP contribution in [-0.4, -0.2) is 5.11 Å². The molecule has 0 aliphatic carbocycles. The van der Waals surface area contributed by atoms with Crippen LogP contribution in [0, 0.1) is 5.92 Å². The average molecular weight is 425 g/mol. The second kappa shape index (κ2) is 14.1. The quantitative estimate of drug-likeness (QED) is 0.272. The van der Waals surface area contributed by atoms with Gasteiger partial charge in [0.15, 0.2) is 0 Å². The molecular weight excluding hydrogens is 388 g/mol. The van der Waals surface area contributed by atoms with Gasteiger partial charge in [-0.1, -0.05) is 135 Å². The third-order valence-electron chi connectivity index (χ3n) is 5.90. The van der Waals surface area contributed by atoms with E-state index in [2.05, 4.69) is 85.0 Å². The van der Waals surface area contributed by atoms with Crippen LogP contribution < -0.4 is 0 Å². The standard InChI is InChI=1S/C31H36O/c32-31-22-14-13-21-30(31)20-12-4-2-1-3-7-19-29(25-23-27-15-8-5-9-16-27)26-24-28-17-10-6-11-18-28/h5-6,8-11,13-18,21-26,29,32H,1-4,7,12,19-20H2. The molecule has 0 aromatic heterocycles. The minimum atomic E-state index is 0.436. The summed E-state index contributed by atoms with van der Waals surface area (Å²) in [6.45, 7) is 0. The van der Waals surface area contributed by atoms with Crippen molar-refractivity contribution in [3.05, 3.63) is 114 Å². The predicted molar refractivity (Wildman–Crippen MR) is 139 cm³/mol. The Morgan fingerprint density at radius 2 is 1.06 bits per heavy atom. The molecule has 1 nitrogen and oxygen atoms in total. The zero-order valence-corrected chi connectivity index (χ0v) is 19.1. The van der Waals surface area contributed by atoms with Crippen molar-refractivity contribution in [2.75, 3.05) is 0 Å². The summed E-state index contributed by atoms with van der Waals surface area (Å²) in [7, 11) is 0. The number of allylic oxidation sites excluding steroid dienone is 2. The van der Waals surface area contributed by atoms with Gasteiger partial charge in [0.25, 0.3) is 0 Å². The van der Waals surface area contributed by atoms with Crippen LogP contribution in [0.5, 0.6) is 5.75 Å². The predicted octanol–water partition coefficient (Wildman–Crippen LogP) is 8.71. The summed E-state index contributed by atoms with van der Waals surface area (Å²) < 4.78 is 0. The maximum absolute atomic E-state index is 9.86. The Balaban J connectivity index is 1.39. The molecule has 0 aliphatic heterocycles.